The number of hydrogen-bond acceptors (Lipinski definition) is 5. The maximum absolute atomic E-state index is 13.4. The number of fused-ring (bicyclic) bond motifs is 1. The van der Waals surface area contributed by atoms with Gasteiger partial charge in [0.25, 0.3) is 0 Å². The van der Waals surface area contributed by atoms with Gasteiger partial charge in [-0.05, 0) is 31.7 Å². The number of benzene rings is 1. The van der Waals surface area contributed by atoms with Gasteiger partial charge in [0.15, 0.2) is 0 Å². The molecule has 0 spiro atoms. The van der Waals surface area contributed by atoms with Crippen LogP contribution in [0.25, 0.3) is 11.0 Å². The first kappa shape index (κ1) is 20.5. The zero-order valence-corrected chi connectivity index (χ0v) is 17.3. The van der Waals surface area contributed by atoms with Crippen LogP contribution in [-0.2, 0) is 29.5 Å². The van der Waals surface area contributed by atoms with Gasteiger partial charge in [0.2, 0.25) is 15.0 Å². The molecule has 0 aliphatic rings. The number of imidazole rings is 2. The third-order valence-corrected chi connectivity index (χ3v) is 6.28. The Hall–Kier alpha value is -2.26. The number of aromatic amines is 1. The molecule has 152 valence electrons. The molecule has 3 aromatic rings. The largest absolute Gasteiger partial charge is 0.341 e. The van der Waals surface area contributed by atoms with Crippen molar-refractivity contribution < 1.29 is 12.8 Å². The molecule has 0 saturated carbocycles. The summed E-state index contributed by atoms with van der Waals surface area (Å²) < 4.78 is 39.9. The summed E-state index contributed by atoms with van der Waals surface area (Å²) in [6.07, 6.45) is 3.49. The normalized spacial score (nSPS) is 12.3. The second-order valence-electron chi connectivity index (χ2n) is 6.96. The summed E-state index contributed by atoms with van der Waals surface area (Å²) in [5.74, 6) is 0.450. The molecule has 9 heteroatoms. The van der Waals surface area contributed by atoms with Gasteiger partial charge in [-0.25, -0.2) is 22.8 Å². The molecule has 0 fully saturated rings. The molecule has 1 aromatic carbocycles. The minimum Gasteiger partial charge on any atom is -0.341 e. The van der Waals surface area contributed by atoms with E-state index >= 15 is 0 Å². The van der Waals surface area contributed by atoms with Crippen molar-refractivity contribution in [3.8, 4) is 0 Å². The van der Waals surface area contributed by atoms with Crippen molar-refractivity contribution in [2.75, 3.05) is 12.8 Å². The van der Waals surface area contributed by atoms with Crippen molar-refractivity contribution in [3.05, 3.63) is 41.7 Å². The lowest BCUT2D eigenvalue weighted by Gasteiger charge is -2.17. The second kappa shape index (κ2) is 8.40. The van der Waals surface area contributed by atoms with Crippen molar-refractivity contribution in [2.45, 2.75) is 51.5 Å². The van der Waals surface area contributed by atoms with E-state index in [1.54, 1.807) is 19.2 Å². The van der Waals surface area contributed by atoms with Crippen molar-refractivity contribution in [1.29, 1.82) is 0 Å². The third-order valence-electron chi connectivity index (χ3n) is 4.64. The fourth-order valence-corrected chi connectivity index (χ4v) is 4.16. The Morgan fingerprint density at radius 3 is 2.75 bits per heavy atom. The minimum absolute atomic E-state index is 0.0287. The number of sulfone groups is 1. The number of halogens is 1. The number of unbranched alkanes of at least 4 members (excludes halogenated alkanes) is 1. The quantitative estimate of drug-likeness (QED) is 0.589. The lowest BCUT2D eigenvalue weighted by molar-refractivity contribution is 0.300. The van der Waals surface area contributed by atoms with Crippen LogP contribution < -0.4 is 0 Å². The zero-order chi connectivity index (χ0) is 20.3. The Morgan fingerprint density at radius 1 is 1.25 bits per heavy atom. The van der Waals surface area contributed by atoms with Gasteiger partial charge in [-0.2, -0.15) is 0 Å². The zero-order valence-electron chi connectivity index (χ0n) is 16.4. The van der Waals surface area contributed by atoms with Crippen molar-refractivity contribution >= 4 is 20.9 Å². The molecule has 2 aromatic heterocycles. The van der Waals surface area contributed by atoms with Crippen LogP contribution in [0.2, 0.25) is 0 Å². The van der Waals surface area contributed by atoms with Gasteiger partial charge >= 0.3 is 0 Å². The van der Waals surface area contributed by atoms with Crippen LogP contribution in [0.15, 0.2) is 29.6 Å². The van der Waals surface area contributed by atoms with Gasteiger partial charge in [0.05, 0.1) is 35.2 Å². The van der Waals surface area contributed by atoms with Crippen LogP contribution >= 0.6 is 0 Å². The van der Waals surface area contributed by atoms with Gasteiger partial charge in [-0.3, -0.25) is 4.90 Å². The van der Waals surface area contributed by atoms with Crippen molar-refractivity contribution in [1.82, 2.24) is 24.4 Å². The van der Waals surface area contributed by atoms with E-state index in [9.17, 15) is 12.8 Å². The molecule has 2 heterocycles. The molecule has 0 unspecified atom stereocenters. The topological polar surface area (TPSA) is 83.9 Å². The van der Waals surface area contributed by atoms with Crippen LogP contribution in [-0.4, -0.2) is 45.6 Å². The molecule has 0 aliphatic carbocycles. The Bertz CT molecular complexity index is 1060. The van der Waals surface area contributed by atoms with Crippen molar-refractivity contribution in [3.63, 3.8) is 0 Å². The highest BCUT2D eigenvalue weighted by Gasteiger charge is 2.22. The average molecular weight is 408 g/mol. The number of H-pyrrole nitrogens is 1. The molecular weight excluding hydrogens is 381 g/mol. The SMILES string of the molecule is CCCCn1c(CN(C)Cc2nc3ccc(F)cc3[nH]2)cnc1S(=O)(=O)CC. The first-order valence-corrected chi connectivity index (χ1v) is 11.1. The van der Waals surface area contributed by atoms with E-state index < -0.39 is 9.84 Å². The first-order chi connectivity index (χ1) is 13.3. The number of nitrogens with zero attached hydrogens (tertiary/aromatic N) is 4. The summed E-state index contributed by atoms with van der Waals surface area (Å²) in [5.41, 5.74) is 2.23. The molecule has 0 radical (unpaired) electrons. The van der Waals surface area contributed by atoms with Crippen LogP contribution in [0.4, 0.5) is 4.39 Å². The summed E-state index contributed by atoms with van der Waals surface area (Å²) in [6.45, 7) is 5.37. The maximum Gasteiger partial charge on any atom is 0.227 e. The smallest absolute Gasteiger partial charge is 0.227 e. The number of aromatic nitrogens is 4. The Morgan fingerprint density at radius 2 is 2.04 bits per heavy atom. The molecule has 0 amide bonds. The van der Waals surface area contributed by atoms with Crippen LogP contribution in [0.3, 0.4) is 0 Å². The summed E-state index contributed by atoms with van der Waals surface area (Å²) in [4.78, 5) is 13.8. The summed E-state index contributed by atoms with van der Waals surface area (Å²) in [5, 5.41) is 0.145. The lowest BCUT2D eigenvalue weighted by Crippen LogP contribution is -2.21. The maximum atomic E-state index is 13.4. The van der Waals surface area contributed by atoms with Gasteiger partial charge in [-0.15, -0.1) is 0 Å². The number of nitrogens with one attached hydrogen (secondary N) is 1. The second-order valence-corrected chi connectivity index (χ2v) is 9.13. The minimum atomic E-state index is -3.38. The standard InChI is InChI=1S/C19H26FN5O2S/c1-4-6-9-25-15(11-21-19(25)28(26,27)5-2)12-24(3)13-18-22-16-8-7-14(20)10-17(16)23-18/h7-8,10-11H,4-6,9,12-13H2,1-3H3,(H,22,23). The highest BCUT2D eigenvalue weighted by Crippen LogP contribution is 2.18. The van der Waals surface area contributed by atoms with Gasteiger partial charge < -0.3 is 9.55 Å². The van der Waals surface area contributed by atoms with Gasteiger partial charge in [0, 0.05) is 13.1 Å². The van der Waals surface area contributed by atoms with E-state index in [1.165, 1.54) is 12.1 Å². The highest BCUT2D eigenvalue weighted by atomic mass is 32.2. The van der Waals surface area contributed by atoms with Crippen LogP contribution in [0, 0.1) is 5.82 Å². The summed E-state index contributed by atoms with van der Waals surface area (Å²) >= 11 is 0. The van der Waals surface area contributed by atoms with Crippen LogP contribution in [0.1, 0.15) is 38.2 Å². The van der Waals surface area contributed by atoms with E-state index in [-0.39, 0.29) is 16.7 Å². The summed E-state index contributed by atoms with van der Waals surface area (Å²) in [6, 6.07) is 4.46. The predicted molar refractivity (Wildman–Crippen MR) is 106 cm³/mol. The van der Waals surface area contributed by atoms with E-state index in [2.05, 4.69) is 21.9 Å². The first-order valence-electron chi connectivity index (χ1n) is 9.44. The molecule has 1 N–H and O–H groups in total. The van der Waals surface area contributed by atoms with Crippen LogP contribution in [0.5, 0.6) is 0 Å². The van der Waals surface area contributed by atoms with E-state index in [1.807, 2.05) is 16.5 Å². The molecular formula is C19H26FN5O2S. The molecule has 0 bridgehead atoms. The van der Waals surface area contributed by atoms with Gasteiger partial charge in [-0.1, -0.05) is 20.3 Å². The third kappa shape index (κ3) is 4.41. The molecule has 7 nitrogen and oxygen atoms in total. The van der Waals surface area contributed by atoms with E-state index in [0.29, 0.717) is 30.7 Å². The molecule has 0 aliphatic heterocycles. The van der Waals surface area contributed by atoms with Crippen molar-refractivity contribution in [2.24, 2.45) is 0 Å². The molecule has 28 heavy (non-hydrogen) atoms. The summed E-state index contributed by atoms with van der Waals surface area (Å²) in [7, 11) is -1.45. The average Bonchev–Trinajstić information content (AvgIpc) is 3.23. The highest BCUT2D eigenvalue weighted by molar-refractivity contribution is 7.91. The molecule has 3 rings (SSSR count). The fourth-order valence-electron chi connectivity index (χ4n) is 3.15. The number of rotatable bonds is 9. The lowest BCUT2D eigenvalue weighted by atomic mass is 10.3. The monoisotopic (exact) mass is 407 g/mol. The van der Waals surface area contributed by atoms with E-state index in [4.69, 9.17) is 0 Å². The fraction of sp³-hybridized carbons (Fsp3) is 0.474. The molecule has 0 saturated heterocycles. The Labute approximate surface area is 164 Å². The predicted octanol–water partition coefficient (Wildman–Crippen LogP) is 3.12. The number of hydrogen-bond donors (Lipinski definition) is 1. The Kier molecular flexibility index (Phi) is 6.14. The Balaban J connectivity index is 1.79. The molecule has 0 atom stereocenters. The van der Waals surface area contributed by atoms with Gasteiger partial charge in [0.1, 0.15) is 11.6 Å². The van der Waals surface area contributed by atoms with E-state index in [0.717, 1.165) is 24.4 Å².